The van der Waals surface area contributed by atoms with Crippen molar-refractivity contribution in [2.75, 3.05) is 6.61 Å². The lowest BCUT2D eigenvalue weighted by Gasteiger charge is -2.17. The molecule has 0 saturated heterocycles. The van der Waals surface area contributed by atoms with E-state index in [1.165, 1.54) is 24.2 Å². The third-order valence-electron chi connectivity index (χ3n) is 4.85. The third kappa shape index (κ3) is 4.89. The summed E-state index contributed by atoms with van der Waals surface area (Å²) in [4.78, 5) is 12.8. The predicted octanol–water partition coefficient (Wildman–Crippen LogP) is 6.27. The first-order valence-electron chi connectivity index (χ1n) is 9.60. The number of aliphatic carboxylic acids is 1. The van der Waals surface area contributed by atoms with Crippen molar-refractivity contribution in [3.63, 3.8) is 0 Å². The third-order valence-corrected chi connectivity index (χ3v) is 5.83. The Morgan fingerprint density at radius 1 is 1.07 bits per heavy atom. The summed E-state index contributed by atoms with van der Waals surface area (Å²) in [5.41, 5.74) is 0.990. The number of carbonyl (C=O) groups is 1. The van der Waals surface area contributed by atoms with Crippen LogP contribution in [0.1, 0.15) is 49.0 Å². The molecule has 2 aromatic carbocycles. The highest BCUT2D eigenvalue weighted by atomic mass is 32.1. The molecular weight excluding hydrogens is 356 g/mol. The van der Waals surface area contributed by atoms with Crippen molar-refractivity contribution >= 4 is 28.1 Å². The minimum atomic E-state index is -0.792. The molecule has 0 aliphatic heterocycles. The zero-order valence-electron chi connectivity index (χ0n) is 15.7. The molecule has 1 N–H and O–H groups in total. The normalized spacial score (nSPS) is 12.2. The molecular formula is C23H26O3S. The summed E-state index contributed by atoms with van der Waals surface area (Å²) in [7, 11) is 0. The van der Waals surface area contributed by atoms with Gasteiger partial charge in [-0.3, -0.25) is 4.79 Å². The van der Waals surface area contributed by atoms with Gasteiger partial charge in [-0.2, -0.15) is 0 Å². The van der Waals surface area contributed by atoms with Crippen LogP contribution in [0.15, 0.2) is 53.9 Å². The Morgan fingerprint density at radius 2 is 1.93 bits per heavy atom. The molecule has 0 aliphatic rings. The second-order valence-corrected chi connectivity index (χ2v) is 7.76. The van der Waals surface area contributed by atoms with Gasteiger partial charge in [-0.15, -0.1) is 11.3 Å². The van der Waals surface area contributed by atoms with Crippen LogP contribution in [0.3, 0.4) is 0 Å². The van der Waals surface area contributed by atoms with Crippen LogP contribution in [0.4, 0.5) is 0 Å². The highest BCUT2D eigenvalue weighted by Gasteiger charge is 2.24. The number of rotatable bonds is 10. The molecule has 3 aromatic rings. The maximum atomic E-state index is 11.9. The van der Waals surface area contributed by atoms with E-state index in [9.17, 15) is 9.90 Å². The summed E-state index contributed by atoms with van der Waals surface area (Å²) in [5, 5.41) is 13.9. The van der Waals surface area contributed by atoms with E-state index in [0.717, 1.165) is 39.8 Å². The Balaban J connectivity index is 1.90. The molecule has 0 spiro atoms. The first-order valence-corrected chi connectivity index (χ1v) is 10.5. The molecule has 4 heteroatoms. The monoisotopic (exact) mass is 382 g/mol. The highest BCUT2D eigenvalue weighted by molar-refractivity contribution is 7.10. The van der Waals surface area contributed by atoms with E-state index in [-0.39, 0.29) is 0 Å². The average Bonchev–Trinajstić information content (AvgIpc) is 3.20. The van der Waals surface area contributed by atoms with Crippen LogP contribution in [0.2, 0.25) is 0 Å². The molecule has 0 radical (unpaired) electrons. The molecule has 1 aromatic heterocycles. The Kier molecular flexibility index (Phi) is 6.88. The molecule has 0 fully saturated rings. The fourth-order valence-corrected chi connectivity index (χ4v) is 4.20. The summed E-state index contributed by atoms with van der Waals surface area (Å²) < 4.78 is 6.10. The molecule has 3 rings (SSSR count). The lowest BCUT2D eigenvalue weighted by molar-refractivity contribution is -0.138. The fraction of sp³-hybridized carbons (Fsp3) is 0.348. The van der Waals surface area contributed by atoms with Crippen molar-refractivity contribution in [2.24, 2.45) is 0 Å². The van der Waals surface area contributed by atoms with Crippen molar-refractivity contribution in [3.8, 4) is 5.75 Å². The predicted molar refractivity (Wildman–Crippen MR) is 112 cm³/mol. The number of hydrogen-bond acceptors (Lipinski definition) is 3. The van der Waals surface area contributed by atoms with Crippen LogP contribution in [-0.4, -0.2) is 17.7 Å². The molecule has 1 heterocycles. The lowest BCUT2D eigenvalue weighted by Crippen LogP contribution is -2.14. The SMILES string of the molecule is CCCCCCOc1ccc2ccccc2c1CC(C(=O)O)c1cccs1. The summed E-state index contributed by atoms with van der Waals surface area (Å²) >= 11 is 1.50. The van der Waals surface area contributed by atoms with Crippen LogP contribution >= 0.6 is 11.3 Å². The van der Waals surface area contributed by atoms with Crippen LogP contribution in [-0.2, 0) is 11.2 Å². The number of hydrogen-bond donors (Lipinski definition) is 1. The molecule has 0 aliphatic carbocycles. The number of carboxylic acids is 1. The van der Waals surface area contributed by atoms with Gasteiger partial charge in [-0.25, -0.2) is 0 Å². The van der Waals surface area contributed by atoms with E-state index < -0.39 is 11.9 Å². The number of thiophene rings is 1. The van der Waals surface area contributed by atoms with Gasteiger partial charge in [0.15, 0.2) is 0 Å². The molecule has 3 nitrogen and oxygen atoms in total. The molecule has 27 heavy (non-hydrogen) atoms. The van der Waals surface area contributed by atoms with Gasteiger partial charge in [0, 0.05) is 10.4 Å². The second-order valence-electron chi connectivity index (χ2n) is 6.78. The van der Waals surface area contributed by atoms with Crippen LogP contribution in [0.25, 0.3) is 10.8 Å². The van der Waals surface area contributed by atoms with Crippen molar-refractivity contribution in [3.05, 3.63) is 64.4 Å². The van der Waals surface area contributed by atoms with Crippen LogP contribution in [0.5, 0.6) is 5.75 Å². The Morgan fingerprint density at radius 3 is 2.67 bits per heavy atom. The van der Waals surface area contributed by atoms with Crippen LogP contribution in [0, 0.1) is 0 Å². The van der Waals surface area contributed by atoms with Crippen LogP contribution < -0.4 is 4.74 Å². The highest BCUT2D eigenvalue weighted by Crippen LogP contribution is 2.34. The van der Waals surface area contributed by atoms with Gasteiger partial charge in [0.1, 0.15) is 5.75 Å². The van der Waals surface area contributed by atoms with Crippen molar-refractivity contribution in [1.82, 2.24) is 0 Å². The minimum absolute atomic E-state index is 0.432. The first kappa shape index (κ1) is 19.4. The van der Waals surface area contributed by atoms with Crippen molar-refractivity contribution in [2.45, 2.75) is 44.9 Å². The molecule has 0 bridgehead atoms. The van der Waals surface area contributed by atoms with Gasteiger partial charge in [0.2, 0.25) is 0 Å². The van der Waals surface area contributed by atoms with Gasteiger partial charge in [0.05, 0.1) is 12.5 Å². The Bertz CT molecular complexity index is 870. The summed E-state index contributed by atoms with van der Waals surface area (Å²) in [6.07, 6.45) is 5.02. The maximum absolute atomic E-state index is 11.9. The molecule has 142 valence electrons. The topological polar surface area (TPSA) is 46.5 Å². The summed E-state index contributed by atoms with van der Waals surface area (Å²) in [5.74, 6) is -0.537. The number of unbranched alkanes of at least 4 members (excludes halogenated alkanes) is 3. The number of ether oxygens (including phenoxy) is 1. The molecule has 0 saturated carbocycles. The number of fused-ring (bicyclic) bond motifs is 1. The zero-order chi connectivity index (χ0) is 19.1. The molecule has 1 atom stereocenters. The van der Waals surface area contributed by atoms with E-state index in [2.05, 4.69) is 25.1 Å². The van der Waals surface area contributed by atoms with Gasteiger partial charge >= 0.3 is 5.97 Å². The van der Waals surface area contributed by atoms with E-state index in [4.69, 9.17) is 4.74 Å². The smallest absolute Gasteiger partial charge is 0.312 e. The number of carboxylic acid groups (broad SMARTS) is 1. The fourth-order valence-electron chi connectivity index (χ4n) is 3.38. The van der Waals surface area contributed by atoms with E-state index in [0.29, 0.717) is 13.0 Å². The van der Waals surface area contributed by atoms with Crippen molar-refractivity contribution in [1.29, 1.82) is 0 Å². The quantitative estimate of drug-likeness (QED) is 0.420. The zero-order valence-corrected chi connectivity index (χ0v) is 16.5. The van der Waals surface area contributed by atoms with Gasteiger partial charge < -0.3 is 9.84 Å². The van der Waals surface area contributed by atoms with Crippen molar-refractivity contribution < 1.29 is 14.6 Å². The van der Waals surface area contributed by atoms with E-state index in [1.807, 2.05) is 35.7 Å². The van der Waals surface area contributed by atoms with Gasteiger partial charge in [0.25, 0.3) is 0 Å². The van der Waals surface area contributed by atoms with E-state index >= 15 is 0 Å². The summed E-state index contributed by atoms with van der Waals surface area (Å²) in [6.45, 7) is 2.86. The Labute approximate surface area is 164 Å². The average molecular weight is 383 g/mol. The summed E-state index contributed by atoms with van der Waals surface area (Å²) in [6, 6.07) is 16.0. The van der Waals surface area contributed by atoms with E-state index in [1.54, 1.807) is 0 Å². The number of benzene rings is 2. The maximum Gasteiger partial charge on any atom is 0.312 e. The first-order chi connectivity index (χ1) is 13.2. The lowest BCUT2D eigenvalue weighted by atomic mass is 9.93. The molecule has 0 amide bonds. The van der Waals surface area contributed by atoms with Gasteiger partial charge in [-0.1, -0.05) is 62.6 Å². The Hall–Kier alpha value is -2.33. The molecule has 1 unspecified atom stereocenters. The van der Waals surface area contributed by atoms with Gasteiger partial charge in [-0.05, 0) is 41.1 Å². The second kappa shape index (κ2) is 9.56. The standard InChI is InChI=1S/C23H26O3S/c1-2-3-4-7-14-26-21-13-12-17-9-5-6-10-18(17)19(21)16-20(23(24)25)22-11-8-15-27-22/h5-6,8-13,15,20H,2-4,7,14,16H2,1H3,(H,24,25). The largest absolute Gasteiger partial charge is 0.493 e. The minimum Gasteiger partial charge on any atom is -0.493 e.